The SMILES string of the molecule is CC(C)(C)c1ccc(/C=N/OC(F)(F)F)cc1. The molecule has 1 rings (SSSR count). The van der Waals surface area contributed by atoms with E-state index >= 15 is 0 Å². The average Bonchev–Trinajstić information content (AvgIpc) is 2.15. The molecular formula is C12H14F3NO. The number of alkyl halides is 3. The molecule has 0 fully saturated rings. The van der Waals surface area contributed by atoms with Gasteiger partial charge in [0.05, 0.1) is 6.21 Å². The van der Waals surface area contributed by atoms with Gasteiger partial charge < -0.3 is 0 Å². The average molecular weight is 245 g/mol. The lowest BCUT2D eigenvalue weighted by Gasteiger charge is -2.18. The predicted molar refractivity (Wildman–Crippen MR) is 59.9 cm³/mol. The number of nitrogens with zero attached hydrogens (tertiary/aromatic N) is 1. The van der Waals surface area contributed by atoms with Gasteiger partial charge >= 0.3 is 6.36 Å². The third-order valence-corrected chi connectivity index (χ3v) is 2.13. The van der Waals surface area contributed by atoms with E-state index in [0.717, 1.165) is 11.8 Å². The van der Waals surface area contributed by atoms with Gasteiger partial charge in [-0.05, 0) is 16.5 Å². The molecule has 0 unspecified atom stereocenters. The minimum absolute atomic E-state index is 0.0120. The molecule has 0 saturated carbocycles. The summed E-state index contributed by atoms with van der Waals surface area (Å²) >= 11 is 0. The monoisotopic (exact) mass is 245 g/mol. The molecule has 1 aromatic rings. The summed E-state index contributed by atoms with van der Waals surface area (Å²) in [7, 11) is 0. The Hall–Kier alpha value is -1.52. The highest BCUT2D eigenvalue weighted by atomic mass is 19.4. The number of benzene rings is 1. The van der Waals surface area contributed by atoms with Gasteiger partial charge in [-0.15, -0.1) is 13.2 Å². The molecule has 17 heavy (non-hydrogen) atoms. The van der Waals surface area contributed by atoms with Crippen molar-refractivity contribution in [2.24, 2.45) is 5.16 Å². The number of rotatable bonds is 2. The second-order valence-electron chi connectivity index (χ2n) is 4.64. The number of halogens is 3. The Morgan fingerprint density at radius 1 is 1.06 bits per heavy atom. The third-order valence-electron chi connectivity index (χ3n) is 2.13. The summed E-state index contributed by atoms with van der Waals surface area (Å²) in [5.74, 6) is 0. The molecule has 0 saturated heterocycles. The summed E-state index contributed by atoms with van der Waals surface area (Å²) in [6.07, 6.45) is -3.71. The maximum atomic E-state index is 11.6. The normalized spacial score (nSPS) is 13.1. The minimum Gasteiger partial charge on any atom is -0.294 e. The third kappa shape index (κ3) is 4.89. The van der Waals surface area contributed by atoms with E-state index in [1.54, 1.807) is 12.1 Å². The zero-order valence-electron chi connectivity index (χ0n) is 9.88. The molecule has 0 aromatic heterocycles. The standard InChI is InChI=1S/C12H14F3NO/c1-11(2,3)10-6-4-9(5-7-10)8-16-17-12(13,14)15/h4-8H,1-3H3/b16-8+. The molecule has 94 valence electrons. The van der Waals surface area contributed by atoms with Gasteiger partial charge in [0, 0.05) is 0 Å². The van der Waals surface area contributed by atoms with Crippen LogP contribution in [0.1, 0.15) is 31.9 Å². The van der Waals surface area contributed by atoms with Gasteiger partial charge in [-0.2, -0.15) is 0 Å². The zero-order valence-corrected chi connectivity index (χ0v) is 9.88. The summed E-state index contributed by atoms with van der Waals surface area (Å²) in [6, 6.07) is 7.11. The Balaban J connectivity index is 2.69. The molecule has 5 heteroatoms. The van der Waals surface area contributed by atoms with Crippen molar-refractivity contribution >= 4 is 6.21 Å². The quantitative estimate of drug-likeness (QED) is 0.572. The van der Waals surface area contributed by atoms with Crippen LogP contribution in [0, 0.1) is 0 Å². The van der Waals surface area contributed by atoms with Crippen LogP contribution in [0.3, 0.4) is 0 Å². The maximum absolute atomic E-state index is 11.6. The van der Waals surface area contributed by atoms with Crippen LogP contribution in [0.25, 0.3) is 0 Å². The fourth-order valence-corrected chi connectivity index (χ4v) is 1.22. The van der Waals surface area contributed by atoms with Gasteiger partial charge in [-0.3, -0.25) is 4.84 Å². The molecule has 0 N–H and O–H groups in total. The highest BCUT2D eigenvalue weighted by Gasteiger charge is 2.30. The van der Waals surface area contributed by atoms with Crippen LogP contribution < -0.4 is 0 Å². The van der Waals surface area contributed by atoms with Crippen LogP contribution in [0.5, 0.6) is 0 Å². The highest BCUT2D eigenvalue weighted by Crippen LogP contribution is 2.22. The first-order valence-corrected chi connectivity index (χ1v) is 5.07. The molecule has 0 aliphatic carbocycles. The lowest BCUT2D eigenvalue weighted by molar-refractivity contribution is -0.325. The van der Waals surface area contributed by atoms with E-state index in [1.807, 2.05) is 12.1 Å². The van der Waals surface area contributed by atoms with Crippen molar-refractivity contribution in [3.05, 3.63) is 35.4 Å². The molecule has 2 nitrogen and oxygen atoms in total. The molecule has 0 spiro atoms. The van der Waals surface area contributed by atoms with Gasteiger partial charge in [-0.25, -0.2) is 0 Å². The van der Waals surface area contributed by atoms with E-state index in [1.165, 1.54) is 0 Å². The number of hydrogen-bond acceptors (Lipinski definition) is 2. The lowest BCUT2D eigenvalue weighted by atomic mass is 9.87. The van der Waals surface area contributed by atoms with Gasteiger partial charge in [0.2, 0.25) is 0 Å². The fraction of sp³-hybridized carbons (Fsp3) is 0.417. The van der Waals surface area contributed by atoms with E-state index in [2.05, 4.69) is 30.8 Å². The predicted octanol–water partition coefficient (Wildman–Crippen LogP) is 3.85. The van der Waals surface area contributed by atoms with E-state index in [-0.39, 0.29) is 5.41 Å². The Labute approximate surface area is 98.1 Å². The summed E-state index contributed by atoms with van der Waals surface area (Å²) in [5.41, 5.74) is 1.67. The smallest absolute Gasteiger partial charge is 0.294 e. The Kier molecular flexibility index (Phi) is 3.80. The minimum atomic E-state index is -4.73. The first-order valence-electron chi connectivity index (χ1n) is 5.07. The molecule has 0 heterocycles. The van der Waals surface area contributed by atoms with Gasteiger partial charge in [0.25, 0.3) is 0 Å². The van der Waals surface area contributed by atoms with Crippen LogP contribution >= 0.6 is 0 Å². The summed E-state index contributed by atoms with van der Waals surface area (Å²) in [5, 5.41) is 2.85. The summed E-state index contributed by atoms with van der Waals surface area (Å²) in [4.78, 5) is 3.30. The molecule has 0 atom stereocenters. The largest absolute Gasteiger partial charge is 0.593 e. The maximum Gasteiger partial charge on any atom is 0.593 e. The highest BCUT2D eigenvalue weighted by molar-refractivity contribution is 5.79. The molecule has 0 aliphatic heterocycles. The van der Waals surface area contributed by atoms with Crippen molar-refractivity contribution < 1.29 is 18.0 Å². The van der Waals surface area contributed by atoms with Gasteiger partial charge in [-0.1, -0.05) is 50.2 Å². The molecule has 0 aliphatic rings. The molecule has 0 bridgehead atoms. The zero-order chi connectivity index (χ0) is 13.1. The van der Waals surface area contributed by atoms with Crippen molar-refractivity contribution in [1.29, 1.82) is 0 Å². The Bertz CT molecular complexity index is 388. The number of hydrogen-bond donors (Lipinski definition) is 0. The summed E-state index contributed by atoms with van der Waals surface area (Å²) < 4.78 is 34.9. The van der Waals surface area contributed by atoms with E-state index in [0.29, 0.717) is 5.56 Å². The Morgan fingerprint density at radius 2 is 1.59 bits per heavy atom. The molecule has 1 aromatic carbocycles. The Morgan fingerprint density at radius 3 is 2.00 bits per heavy atom. The van der Waals surface area contributed by atoms with Crippen LogP contribution in [-0.4, -0.2) is 12.6 Å². The molecule has 0 amide bonds. The van der Waals surface area contributed by atoms with Gasteiger partial charge in [0.15, 0.2) is 0 Å². The van der Waals surface area contributed by atoms with Crippen molar-refractivity contribution in [3.63, 3.8) is 0 Å². The topological polar surface area (TPSA) is 21.6 Å². The van der Waals surface area contributed by atoms with E-state index < -0.39 is 6.36 Å². The van der Waals surface area contributed by atoms with Crippen molar-refractivity contribution in [1.82, 2.24) is 0 Å². The van der Waals surface area contributed by atoms with Crippen LogP contribution in [0.2, 0.25) is 0 Å². The lowest BCUT2D eigenvalue weighted by Crippen LogP contribution is -2.10. The van der Waals surface area contributed by atoms with Crippen molar-refractivity contribution in [2.45, 2.75) is 32.5 Å². The summed E-state index contributed by atoms with van der Waals surface area (Å²) in [6.45, 7) is 6.18. The van der Waals surface area contributed by atoms with E-state index in [9.17, 15) is 13.2 Å². The number of oxime groups is 1. The molecule has 0 radical (unpaired) electrons. The second kappa shape index (κ2) is 4.77. The van der Waals surface area contributed by atoms with Crippen LogP contribution in [0.15, 0.2) is 29.4 Å². The first-order chi connectivity index (χ1) is 7.68. The van der Waals surface area contributed by atoms with Crippen LogP contribution in [-0.2, 0) is 10.3 Å². The fourth-order valence-electron chi connectivity index (χ4n) is 1.22. The van der Waals surface area contributed by atoms with E-state index in [4.69, 9.17) is 0 Å². The van der Waals surface area contributed by atoms with Crippen molar-refractivity contribution in [2.75, 3.05) is 0 Å². The molecular weight excluding hydrogens is 231 g/mol. The second-order valence-corrected chi connectivity index (χ2v) is 4.64. The first kappa shape index (κ1) is 13.5. The van der Waals surface area contributed by atoms with Gasteiger partial charge in [0.1, 0.15) is 0 Å². The van der Waals surface area contributed by atoms with Crippen LogP contribution in [0.4, 0.5) is 13.2 Å². The van der Waals surface area contributed by atoms with Crippen molar-refractivity contribution in [3.8, 4) is 0 Å².